The first kappa shape index (κ1) is 39.2. The lowest BCUT2D eigenvalue weighted by molar-refractivity contribution is -0.157. The molecule has 0 saturated heterocycles. The summed E-state index contributed by atoms with van der Waals surface area (Å²) in [6.07, 6.45) is 3.76. The number of nitrogens with one attached hydrogen (secondary N) is 4. The zero-order valence-corrected chi connectivity index (χ0v) is 31.4. The van der Waals surface area contributed by atoms with Gasteiger partial charge in [-0.1, -0.05) is 0 Å². The molecule has 52 heavy (non-hydrogen) atoms. The summed E-state index contributed by atoms with van der Waals surface area (Å²) in [7, 11) is 5.31. The highest BCUT2D eigenvalue weighted by molar-refractivity contribution is 6.01. The first-order valence-corrected chi connectivity index (χ1v) is 16.9. The number of ether oxygens (including phenoxy) is 4. The molecule has 3 amide bonds. The summed E-state index contributed by atoms with van der Waals surface area (Å²) in [6.45, 7) is 12.3. The summed E-state index contributed by atoms with van der Waals surface area (Å²) in [6, 6.07) is 11.5. The van der Waals surface area contributed by atoms with Crippen LogP contribution in [0.3, 0.4) is 0 Å². The molecule has 0 radical (unpaired) electrons. The van der Waals surface area contributed by atoms with Gasteiger partial charge in [0.25, 0.3) is 0 Å². The predicted octanol–water partition coefficient (Wildman–Crippen LogP) is 6.76. The Bertz CT molecular complexity index is 1830. The molecule has 4 rings (SSSR count). The van der Waals surface area contributed by atoms with Gasteiger partial charge in [0, 0.05) is 43.8 Å². The number of benzene rings is 2. The summed E-state index contributed by atoms with van der Waals surface area (Å²) in [5.41, 5.74) is 1.85. The van der Waals surface area contributed by atoms with Crippen molar-refractivity contribution < 1.29 is 33.3 Å². The van der Waals surface area contributed by atoms with Crippen molar-refractivity contribution in [2.45, 2.75) is 65.7 Å². The van der Waals surface area contributed by atoms with Crippen LogP contribution in [0.2, 0.25) is 0 Å². The molecule has 0 aliphatic heterocycles. The number of fused-ring (bicyclic) bond motifs is 1. The van der Waals surface area contributed by atoms with Crippen molar-refractivity contribution in [3.05, 3.63) is 60.6 Å². The highest BCUT2D eigenvalue weighted by Crippen LogP contribution is 2.33. The fourth-order valence-corrected chi connectivity index (χ4v) is 5.05. The number of aromatic nitrogens is 3. The lowest BCUT2D eigenvalue weighted by Crippen LogP contribution is -2.35. The zero-order valence-electron chi connectivity index (χ0n) is 31.4. The van der Waals surface area contributed by atoms with E-state index in [2.05, 4.69) is 35.8 Å². The van der Waals surface area contributed by atoms with Gasteiger partial charge in [-0.25, -0.2) is 24.4 Å². The van der Waals surface area contributed by atoms with Gasteiger partial charge in [0.15, 0.2) is 6.61 Å². The molecule has 0 aliphatic rings. The van der Waals surface area contributed by atoms with E-state index in [0.29, 0.717) is 47.4 Å². The average Bonchev–Trinajstić information content (AvgIpc) is 3.46. The number of aromatic amines is 1. The third-order valence-electron chi connectivity index (χ3n) is 7.34. The highest BCUT2D eigenvalue weighted by Gasteiger charge is 2.21. The standard InChI is InChI=1S/C37H50N8O7/c1-36(2,3)51-30(46)22-50-29-19-26(13-16-28(29)43-34(47)42-25-11-14-27(49-9)15-12-25)41-33-31-24(20-38-32(31)39-23-40-33)21-44(7)17-10-18-45(8)35(48)52-37(4,5)6/h11-16,19-20,23H,10,17-18,21-22H2,1-9H3,(H2,42,43,47)(H2,38,39,40,41). The summed E-state index contributed by atoms with van der Waals surface area (Å²) in [4.78, 5) is 53.7. The lowest BCUT2D eigenvalue weighted by atomic mass is 10.2. The molecule has 4 aromatic rings. The van der Waals surface area contributed by atoms with E-state index in [1.165, 1.54) is 6.33 Å². The van der Waals surface area contributed by atoms with Crippen molar-refractivity contribution in [2.24, 2.45) is 0 Å². The van der Waals surface area contributed by atoms with Gasteiger partial charge in [-0.15, -0.1) is 0 Å². The quantitative estimate of drug-likeness (QED) is 0.102. The van der Waals surface area contributed by atoms with Crippen molar-refractivity contribution in [3.63, 3.8) is 0 Å². The minimum atomic E-state index is -0.694. The number of anilines is 4. The Labute approximate surface area is 304 Å². The first-order valence-electron chi connectivity index (χ1n) is 16.9. The van der Waals surface area contributed by atoms with Crippen molar-refractivity contribution >= 4 is 52.0 Å². The SMILES string of the molecule is COc1ccc(NC(=O)Nc2ccc(Nc3ncnc4[nH]cc(CN(C)CCCN(C)C(=O)OC(C)(C)C)c34)cc2OCC(=O)OC(C)(C)C)cc1. The number of hydrogen-bond acceptors (Lipinski definition) is 11. The fourth-order valence-electron chi connectivity index (χ4n) is 5.05. The molecule has 2 aromatic carbocycles. The van der Waals surface area contributed by atoms with E-state index in [0.717, 1.165) is 23.9 Å². The number of methoxy groups -OCH3 is 1. The number of amides is 3. The van der Waals surface area contributed by atoms with Gasteiger partial charge in [0.2, 0.25) is 0 Å². The molecule has 0 atom stereocenters. The summed E-state index contributed by atoms with van der Waals surface area (Å²) < 4.78 is 21.9. The second kappa shape index (κ2) is 17.1. The summed E-state index contributed by atoms with van der Waals surface area (Å²) >= 11 is 0. The zero-order chi connectivity index (χ0) is 38.1. The Kier molecular flexibility index (Phi) is 12.9. The summed E-state index contributed by atoms with van der Waals surface area (Å²) in [5, 5.41) is 9.72. The van der Waals surface area contributed by atoms with Crippen LogP contribution in [0.25, 0.3) is 11.0 Å². The van der Waals surface area contributed by atoms with Crippen LogP contribution in [0.4, 0.5) is 32.5 Å². The highest BCUT2D eigenvalue weighted by atomic mass is 16.6. The van der Waals surface area contributed by atoms with Crippen molar-refractivity contribution in [1.29, 1.82) is 0 Å². The van der Waals surface area contributed by atoms with Crippen LogP contribution in [0.5, 0.6) is 11.5 Å². The number of esters is 1. The maximum absolute atomic E-state index is 12.9. The van der Waals surface area contributed by atoms with E-state index in [1.54, 1.807) is 82.3 Å². The van der Waals surface area contributed by atoms with Gasteiger partial charge < -0.3 is 49.7 Å². The van der Waals surface area contributed by atoms with E-state index >= 15 is 0 Å². The first-order chi connectivity index (χ1) is 24.5. The Morgan fingerprint density at radius 1 is 0.865 bits per heavy atom. The van der Waals surface area contributed by atoms with Crippen molar-refractivity contribution in [2.75, 3.05) is 56.9 Å². The van der Waals surface area contributed by atoms with Crippen LogP contribution in [-0.2, 0) is 20.8 Å². The van der Waals surface area contributed by atoms with E-state index in [1.807, 2.05) is 34.0 Å². The molecule has 0 fully saturated rings. The molecule has 15 heteroatoms. The van der Waals surface area contributed by atoms with Crippen LogP contribution in [0.15, 0.2) is 55.0 Å². The van der Waals surface area contributed by atoms with Crippen LogP contribution < -0.4 is 25.4 Å². The Morgan fingerprint density at radius 3 is 2.23 bits per heavy atom. The second-order valence-corrected chi connectivity index (χ2v) is 14.3. The predicted molar refractivity (Wildman–Crippen MR) is 200 cm³/mol. The van der Waals surface area contributed by atoms with Crippen LogP contribution in [0.1, 0.15) is 53.5 Å². The Hall–Kier alpha value is -5.57. The molecule has 4 N–H and O–H groups in total. The number of nitrogens with zero attached hydrogens (tertiary/aromatic N) is 4. The molecular weight excluding hydrogens is 668 g/mol. The van der Waals surface area contributed by atoms with Gasteiger partial charge in [-0.05, 0) is 104 Å². The number of hydrogen-bond donors (Lipinski definition) is 4. The monoisotopic (exact) mass is 718 g/mol. The number of H-pyrrole nitrogens is 1. The third kappa shape index (κ3) is 12.0. The van der Waals surface area contributed by atoms with E-state index in [9.17, 15) is 14.4 Å². The minimum absolute atomic E-state index is 0.233. The smallest absolute Gasteiger partial charge is 0.410 e. The molecular formula is C37H50N8O7. The molecule has 15 nitrogen and oxygen atoms in total. The van der Waals surface area contributed by atoms with Gasteiger partial charge >= 0.3 is 18.1 Å². The Balaban J connectivity index is 1.49. The average molecular weight is 719 g/mol. The maximum atomic E-state index is 12.9. The van der Waals surface area contributed by atoms with Crippen LogP contribution >= 0.6 is 0 Å². The maximum Gasteiger partial charge on any atom is 0.410 e. The molecule has 0 saturated carbocycles. The van der Waals surface area contributed by atoms with Gasteiger partial charge in [0.05, 0.1) is 18.2 Å². The van der Waals surface area contributed by atoms with Crippen LogP contribution in [-0.4, -0.2) is 94.9 Å². The fraction of sp³-hybridized carbons (Fsp3) is 0.432. The lowest BCUT2D eigenvalue weighted by Gasteiger charge is -2.25. The summed E-state index contributed by atoms with van der Waals surface area (Å²) in [5.74, 6) is 0.883. The number of carbonyl (C=O) groups is 3. The largest absolute Gasteiger partial charge is 0.497 e. The normalized spacial score (nSPS) is 11.6. The molecule has 0 spiro atoms. The Morgan fingerprint density at radius 2 is 1.56 bits per heavy atom. The number of urea groups is 1. The molecule has 0 bridgehead atoms. The topological polar surface area (TPSA) is 172 Å². The van der Waals surface area contributed by atoms with Crippen LogP contribution in [0, 0.1) is 0 Å². The molecule has 280 valence electrons. The van der Waals surface area contributed by atoms with E-state index in [-0.39, 0.29) is 18.4 Å². The van der Waals surface area contributed by atoms with Crippen molar-refractivity contribution in [3.8, 4) is 11.5 Å². The second-order valence-electron chi connectivity index (χ2n) is 14.3. The van der Waals surface area contributed by atoms with Gasteiger partial charge in [-0.3, -0.25) is 0 Å². The van der Waals surface area contributed by atoms with Gasteiger partial charge in [-0.2, -0.15) is 0 Å². The number of carbonyl (C=O) groups excluding carboxylic acids is 3. The minimum Gasteiger partial charge on any atom is -0.497 e. The molecule has 0 aliphatic carbocycles. The van der Waals surface area contributed by atoms with Gasteiger partial charge in [0.1, 0.15) is 40.5 Å². The molecule has 0 unspecified atom stereocenters. The molecule has 2 heterocycles. The number of rotatable bonds is 14. The van der Waals surface area contributed by atoms with Crippen molar-refractivity contribution in [1.82, 2.24) is 24.8 Å². The van der Waals surface area contributed by atoms with E-state index < -0.39 is 23.2 Å². The molecule has 2 aromatic heterocycles. The van der Waals surface area contributed by atoms with E-state index in [4.69, 9.17) is 18.9 Å². The third-order valence-corrected chi connectivity index (χ3v) is 7.34.